The predicted octanol–water partition coefficient (Wildman–Crippen LogP) is 5.85. The molecule has 0 heterocycles. The molecule has 4 rings (SSSR count). The van der Waals surface area contributed by atoms with Crippen molar-refractivity contribution < 1.29 is 9.59 Å². The van der Waals surface area contributed by atoms with E-state index in [9.17, 15) is 9.59 Å². The van der Waals surface area contributed by atoms with Crippen LogP contribution in [-0.2, 0) is 12.8 Å². The SMILES string of the molecule is CN(C)CC(C)(C)CC(NC(=O)Nc1ccc2c(c1)CCC2)c1ccc(C(=O)Nc2ccccc2N)cc1. The quantitative estimate of drug-likeness (QED) is 0.270. The lowest BCUT2D eigenvalue weighted by molar-refractivity contribution is 0.102. The average molecular weight is 514 g/mol. The van der Waals surface area contributed by atoms with Crippen LogP contribution in [0.5, 0.6) is 0 Å². The third-order valence-electron chi connectivity index (χ3n) is 6.95. The molecule has 0 fully saturated rings. The van der Waals surface area contributed by atoms with E-state index in [4.69, 9.17) is 5.73 Å². The molecule has 0 saturated heterocycles. The number of amides is 3. The van der Waals surface area contributed by atoms with E-state index in [2.05, 4.69) is 60.9 Å². The molecule has 5 N–H and O–H groups in total. The number of para-hydroxylation sites is 2. The normalized spacial score (nSPS) is 13.6. The number of nitrogens with two attached hydrogens (primary N) is 1. The van der Waals surface area contributed by atoms with Crippen molar-refractivity contribution in [3.05, 3.63) is 89.0 Å². The molecule has 7 heteroatoms. The van der Waals surface area contributed by atoms with E-state index in [-0.39, 0.29) is 23.4 Å². The van der Waals surface area contributed by atoms with E-state index < -0.39 is 0 Å². The number of carbonyl (C=O) groups is 2. The number of aryl methyl sites for hydroxylation is 2. The molecule has 0 radical (unpaired) electrons. The summed E-state index contributed by atoms with van der Waals surface area (Å²) in [4.78, 5) is 28.1. The summed E-state index contributed by atoms with van der Waals surface area (Å²) in [6.07, 6.45) is 4.07. The molecule has 38 heavy (non-hydrogen) atoms. The summed E-state index contributed by atoms with van der Waals surface area (Å²) in [5.74, 6) is -0.235. The lowest BCUT2D eigenvalue weighted by Gasteiger charge is -2.33. The first-order valence-electron chi connectivity index (χ1n) is 13.2. The second kappa shape index (κ2) is 11.7. The van der Waals surface area contributed by atoms with Gasteiger partial charge in [-0.3, -0.25) is 4.79 Å². The van der Waals surface area contributed by atoms with Crippen LogP contribution in [0.4, 0.5) is 21.9 Å². The predicted molar refractivity (Wildman–Crippen MR) is 156 cm³/mol. The standard InChI is InChI=1S/C31H39N5O2/c1-31(2,20-36(3)4)19-28(35-30(38)33-25-17-16-21-8-7-9-24(21)18-25)22-12-14-23(15-13-22)29(37)34-27-11-6-5-10-26(27)32/h5-6,10-18,28H,7-9,19-20,32H2,1-4H3,(H,34,37)(H2,33,35,38). The zero-order chi connectivity index (χ0) is 27.3. The van der Waals surface area contributed by atoms with Gasteiger partial charge in [0.1, 0.15) is 0 Å². The van der Waals surface area contributed by atoms with Gasteiger partial charge in [0.25, 0.3) is 5.91 Å². The third-order valence-corrected chi connectivity index (χ3v) is 6.95. The minimum absolute atomic E-state index is 0.0596. The van der Waals surface area contributed by atoms with E-state index in [0.717, 1.165) is 37.1 Å². The van der Waals surface area contributed by atoms with Crippen LogP contribution in [0.3, 0.4) is 0 Å². The summed E-state index contributed by atoms with van der Waals surface area (Å²) in [6.45, 7) is 5.27. The molecular weight excluding hydrogens is 474 g/mol. The molecule has 0 bridgehead atoms. The summed E-state index contributed by atoms with van der Waals surface area (Å²) in [6, 6.07) is 20.3. The number of benzene rings is 3. The molecule has 1 atom stereocenters. The highest BCUT2D eigenvalue weighted by Crippen LogP contribution is 2.31. The fourth-order valence-electron chi connectivity index (χ4n) is 5.37. The number of nitrogens with zero attached hydrogens (tertiary/aromatic N) is 1. The Labute approximate surface area is 225 Å². The van der Waals surface area contributed by atoms with Crippen molar-refractivity contribution in [3.8, 4) is 0 Å². The number of hydrogen-bond donors (Lipinski definition) is 4. The third kappa shape index (κ3) is 7.13. The Morgan fingerprint density at radius 1 is 0.947 bits per heavy atom. The zero-order valence-corrected chi connectivity index (χ0v) is 22.8. The maximum atomic E-state index is 13.1. The summed E-state index contributed by atoms with van der Waals surface area (Å²) in [5, 5.41) is 9.08. The number of rotatable bonds is 9. The highest BCUT2D eigenvalue weighted by atomic mass is 16.2. The molecule has 3 amide bonds. The van der Waals surface area contributed by atoms with Gasteiger partial charge in [0.2, 0.25) is 0 Å². The molecule has 0 saturated carbocycles. The number of carbonyl (C=O) groups excluding carboxylic acids is 2. The molecule has 0 aromatic heterocycles. The zero-order valence-electron chi connectivity index (χ0n) is 22.8. The number of urea groups is 1. The second-order valence-corrected chi connectivity index (χ2v) is 11.3. The Kier molecular flexibility index (Phi) is 8.37. The molecule has 3 aromatic rings. The number of fused-ring (bicyclic) bond motifs is 1. The van der Waals surface area contributed by atoms with Crippen molar-refractivity contribution in [2.45, 2.75) is 45.6 Å². The number of anilines is 3. The number of nitrogens with one attached hydrogen (secondary N) is 3. The molecule has 1 unspecified atom stereocenters. The van der Waals surface area contributed by atoms with Crippen molar-refractivity contribution >= 4 is 29.0 Å². The minimum atomic E-state index is -0.241. The van der Waals surface area contributed by atoms with Crippen LogP contribution in [0.2, 0.25) is 0 Å². The first kappa shape index (κ1) is 27.2. The Balaban J connectivity index is 1.49. The Morgan fingerprint density at radius 3 is 2.37 bits per heavy atom. The highest BCUT2D eigenvalue weighted by Gasteiger charge is 2.27. The summed E-state index contributed by atoms with van der Waals surface area (Å²) in [7, 11) is 4.11. The Morgan fingerprint density at radius 2 is 1.66 bits per heavy atom. The molecule has 0 spiro atoms. The van der Waals surface area contributed by atoms with Crippen molar-refractivity contribution in [2.75, 3.05) is 37.0 Å². The van der Waals surface area contributed by atoms with E-state index in [0.29, 0.717) is 16.9 Å². The van der Waals surface area contributed by atoms with E-state index in [1.54, 1.807) is 24.3 Å². The van der Waals surface area contributed by atoms with E-state index >= 15 is 0 Å². The van der Waals surface area contributed by atoms with Crippen molar-refractivity contribution in [3.63, 3.8) is 0 Å². The fraction of sp³-hybridized carbons (Fsp3) is 0.355. The first-order chi connectivity index (χ1) is 18.1. The Hall–Kier alpha value is -3.84. The van der Waals surface area contributed by atoms with Crippen LogP contribution in [0, 0.1) is 5.41 Å². The van der Waals surface area contributed by atoms with Crippen LogP contribution < -0.4 is 21.7 Å². The van der Waals surface area contributed by atoms with Gasteiger partial charge in [-0.15, -0.1) is 0 Å². The minimum Gasteiger partial charge on any atom is -0.397 e. The van der Waals surface area contributed by atoms with E-state index in [1.807, 2.05) is 30.3 Å². The number of nitrogen functional groups attached to an aromatic ring is 1. The number of hydrogen-bond acceptors (Lipinski definition) is 4. The molecule has 200 valence electrons. The molecular formula is C31H39N5O2. The summed E-state index contributed by atoms with van der Waals surface area (Å²) >= 11 is 0. The maximum absolute atomic E-state index is 13.1. The van der Waals surface area contributed by atoms with Crippen molar-refractivity contribution in [1.29, 1.82) is 0 Å². The molecule has 7 nitrogen and oxygen atoms in total. The largest absolute Gasteiger partial charge is 0.397 e. The topological polar surface area (TPSA) is 99.5 Å². The van der Waals surface area contributed by atoms with Gasteiger partial charge in [-0.2, -0.15) is 0 Å². The molecule has 1 aliphatic carbocycles. The van der Waals surface area contributed by atoms with Crippen molar-refractivity contribution in [1.82, 2.24) is 10.2 Å². The van der Waals surface area contributed by atoms with Gasteiger partial charge in [-0.25, -0.2) is 4.79 Å². The highest BCUT2D eigenvalue weighted by molar-refractivity contribution is 6.05. The monoisotopic (exact) mass is 513 g/mol. The van der Waals surface area contributed by atoms with Gasteiger partial charge in [0.05, 0.1) is 17.4 Å². The van der Waals surface area contributed by atoms with Gasteiger partial charge in [0.15, 0.2) is 0 Å². The van der Waals surface area contributed by atoms with Crippen LogP contribution in [0.15, 0.2) is 66.7 Å². The van der Waals surface area contributed by atoms with Gasteiger partial charge in [-0.05, 0) is 98.3 Å². The lowest BCUT2D eigenvalue weighted by Crippen LogP contribution is -2.37. The average Bonchev–Trinajstić information content (AvgIpc) is 3.32. The van der Waals surface area contributed by atoms with Crippen LogP contribution >= 0.6 is 0 Å². The van der Waals surface area contributed by atoms with E-state index in [1.165, 1.54) is 17.5 Å². The lowest BCUT2D eigenvalue weighted by atomic mass is 9.83. The maximum Gasteiger partial charge on any atom is 0.319 e. The summed E-state index contributed by atoms with van der Waals surface area (Å²) < 4.78 is 0. The smallest absolute Gasteiger partial charge is 0.319 e. The van der Waals surface area contributed by atoms with Gasteiger partial charge >= 0.3 is 6.03 Å². The van der Waals surface area contributed by atoms with Gasteiger partial charge in [0, 0.05) is 17.8 Å². The molecule has 3 aromatic carbocycles. The van der Waals surface area contributed by atoms with Crippen LogP contribution in [0.1, 0.15) is 59.8 Å². The van der Waals surface area contributed by atoms with Crippen LogP contribution in [-0.4, -0.2) is 37.5 Å². The van der Waals surface area contributed by atoms with Gasteiger partial charge in [-0.1, -0.05) is 44.2 Å². The second-order valence-electron chi connectivity index (χ2n) is 11.3. The summed E-state index contributed by atoms with van der Waals surface area (Å²) in [5.41, 5.74) is 12.0. The van der Waals surface area contributed by atoms with Gasteiger partial charge < -0.3 is 26.6 Å². The fourth-order valence-corrected chi connectivity index (χ4v) is 5.37. The molecule has 1 aliphatic rings. The first-order valence-corrected chi connectivity index (χ1v) is 13.2. The molecule has 0 aliphatic heterocycles. The van der Waals surface area contributed by atoms with Crippen LogP contribution in [0.25, 0.3) is 0 Å². The Bertz CT molecular complexity index is 1280. The van der Waals surface area contributed by atoms with Crippen molar-refractivity contribution in [2.24, 2.45) is 5.41 Å².